The molecule has 2 aromatic carbocycles. The first-order valence-corrected chi connectivity index (χ1v) is 9.17. The fraction of sp³-hybridized carbons (Fsp3) is 0.333. The molecule has 3 rings (SSSR count). The van der Waals surface area contributed by atoms with E-state index in [2.05, 4.69) is 0 Å². The molecule has 1 aliphatic rings. The number of amides is 2. The minimum atomic E-state index is -0.581. The number of rotatable bonds is 7. The Balaban J connectivity index is 1.59. The number of carbonyl (C=O) groups is 2. The molecule has 0 atom stereocenters. The molecule has 0 aliphatic carbocycles. The van der Waals surface area contributed by atoms with Crippen LogP contribution in [0, 0.1) is 0 Å². The second kappa shape index (κ2) is 9.12. The number of piperidine rings is 1. The number of hydrogen-bond donors (Lipinski definition) is 1. The van der Waals surface area contributed by atoms with Crippen molar-refractivity contribution in [2.75, 3.05) is 26.8 Å². The van der Waals surface area contributed by atoms with Crippen molar-refractivity contribution in [2.24, 2.45) is 5.73 Å². The maximum Gasteiger partial charge on any atom is 0.255 e. The lowest BCUT2D eigenvalue weighted by Crippen LogP contribution is -2.41. The Morgan fingerprint density at radius 3 is 2.43 bits per heavy atom. The van der Waals surface area contributed by atoms with Gasteiger partial charge < -0.3 is 24.8 Å². The maximum absolute atomic E-state index is 12.8. The summed E-state index contributed by atoms with van der Waals surface area (Å²) >= 11 is 0. The predicted octanol–water partition coefficient (Wildman–Crippen LogP) is 2.24. The van der Waals surface area contributed by atoms with Gasteiger partial charge in [-0.2, -0.15) is 0 Å². The van der Waals surface area contributed by atoms with Crippen molar-refractivity contribution in [2.45, 2.75) is 18.9 Å². The molecule has 7 heteroatoms. The van der Waals surface area contributed by atoms with Crippen LogP contribution in [-0.2, 0) is 4.79 Å². The van der Waals surface area contributed by atoms with Gasteiger partial charge in [-0.25, -0.2) is 0 Å². The molecule has 0 bridgehead atoms. The monoisotopic (exact) mass is 384 g/mol. The summed E-state index contributed by atoms with van der Waals surface area (Å²) in [6.07, 6.45) is 1.65. The number of nitrogens with zero attached hydrogens (tertiary/aromatic N) is 1. The number of methoxy groups -OCH3 is 1. The SMILES string of the molecule is COc1cc(C(=O)N2CCC(Oc3ccccc3)CC2)ccc1OCC(N)=O. The van der Waals surface area contributed by atoms with Crippen LogP contribution < -0.4 is 19.9 Å². The van der Waals surface area contributed by atoms with Gasteiger partial charge in [-0.3, -0.25) is 9.59 Å². The van der Waals surface area contributed by atoms with Crippen molar-refractivity contribution in [3.05, 3.63) is 54.1 Å². The molecule has 7 nitrogen and oxygen atoms in total. The molecule has 2 amide bonds. The first-order valence-electron chi connectivity index (χ1n) is 9.17. The van der Waals surface area contributed by atoms with Crippen molar-refractivity contribution in [1.82, 2.24) is 4.90 Å². The Bertz CT molecular complexity index is 817. The fourth-order valence-corrected chi connectivity index (χ4v) is 3.12. The van der Waals surface area contributed by atoms with Gasteiger partial charge in [0.1, 0.15) is 11.9 Å². The third-order valence-electron chi connectivity index (χ3n) is 4.56. The van der Waals surface area contributed by atoms with Gasteiger partial charge in [0.25, 0.3) is 11.8 Å². The first kappa shape index (κ1) is 19.5. The highest BCUT2D eigenvalue weighted by atomic mass is 16.5. The summed E-state index contributed by atoms with van der Waals surface area (Å²) in [5.74, 6) is 0.950. The molecule has 28 heavy (non-hydrogen) atoms. The van der Waals surface area contributed by atoms with Crippen LogP contribution in [0.2, 0.25) is 0 Å². The van der Waals surface area contributed by atoms with Crippen LogP contribution >= 0.6 is 0 Å². The van der Waals surface area contributed by atoms with E-state index in [0.717, 1.165) is 18.6 Å². The summed E-state index contributed by atoms with van der Waals surface area (Å²) in [6.45, 7) is 0.996. The summed E-state index contributed by atoms with van der Waals surface area (Å²) in [4.78, 5) is 25.5. The lowest BCUT2D eigenvalue weighted by Gasteiger charge is -2.32. The van der Waals surface area contributed by atoms with E-state index in [1.807, 2.05) is 35.2 Å². The van der Waals surface area contributed by atoms with E-state index >= 15 is 0 Å². The molecule has 0 radical (unpaired) electrons. The largest absolute Gasteiger partial charge is 0.493 e. The zero-order valence-electron chi connectivity index (χ0n) is 15.8. The summed E-state index contributed by atoms with van der Waals surface area (Å²) in [6, 6.07) is 14.6. The zero-order chi connectivity index (χ0) is 19.9. The average molecular weight is 384 g/mol. The molecule has 1 saturated heterocycles. The second-order valence-electron chi connectivity index (χ2n) is 6.54. The highest BCUT2D eigenvalue weighted by molar-refractivity contribution is 5.95. The summed E-state index contributed by atoms with van der Waals surface area (Å²) < 4.78 is 16.5. The van der Waals surface area contributed by atoms with Gasteiger partial charge in [0.2, 0.25) is 0 Å². The molecular weight excluding hydrogens is 360 g/mol. The third kappa shape index (κ3) is 4.94. The summed E-state index contributed by atoms with van der Waals surface area (Å²) in [5, 5.41) is 0. The molecule has 0 spiro atoms. The fourth-order valence-electron chi connectivity index (χ4n) is 3.12. The Morgan fingerprint density at radius 1 is 1.07 bits per heavy atom. The van der Waals surface area contributed by atoms with Crippen LogP contribution in [0.3, 0.4) is 0 Å². The van der Waals surface area contributed by atoms with Gasteiger partial charge in [0, 0.05) is 31.5 Å². The van der Waals surface area contributed by atoms with E-state index in [4.69, 9.17) is 19.9 Å². The Hall–Kier alpha value is -3.22. The number of likely N-dealkylation sites (tertiary alicyclic amines) is 1. The number of benzene rings is 2. The molecule has 148 valence electrons. The van der Waals surface area contributed by atoms with E-state index in [0.29, 0.717) is 30.2 Å². The van der Waals surface area contributed by atoms with Crippen LogP contribution in [0.4, 0.5) is 0 Å². The first-order chi connectivity index (χ1) is 13.6. The standard InChI is InChI=1S/C21H24N2O5/c1-26-19-13-15(7-8-18(19)27-14-20(22)24)21(25)23-11-9-17(10-12-23)28-16-5-3-2-4-6-16/h2-8,13,17H,9-12,14H2,1H3,(H2,22,24). The van der Waals surface area contributed by atoms with Gasteiger partial charge in [0.15, 0.2) is 18.1 Å². The molecule has 2 N–H and O–H groups in total. The van der Waals surface area contributed by atoms with Crippen molar-refractivity contribution < 1.29 is 23.8 Å². The number of ether oxygens (including phenoxy) is 3. The van der Waals surface area contributed by atoms with Crippen LogP contribution in [0.5, 0.6) is 17.2 Å². The Labute approximate surface area is 164 Å². The van der Waals surface area contributed by atoms with E-state index in [9.17, 15) is 9.59 Å². The average Bonchev–Trinajstić information content (AvgIpc) is 2.73. The minimum Gasteiger partial charge on any atom is -0.493 e. The van der Waals surface area contributed by atoms with Crippen LogP contribution in [0.25, 0.3) is 0 Å². The van der Waals surface area contributed by atoms with E-state index < -0.39 is 5.91 Å². The van der Waals surface area contributed by atoms with Crippen LogP contribution in [0.15, 0.2) is 48.5 Å². The molecule has 2 aromatic rings. The number of para-hydroxylation sites is 1. The van der Waals surface area contributed by atoms with Crippen molar-refractivity contribution in [3.63, 3.8) is 0 Å². The van der Waals surface area contributed by atoms with E-state index in [-0.39, 0.29) is 18.6 Å². The number of nitrogens with two attached hydrogens (primary N) is 1. The van der Waals surface area contributed by atoms with Crippen molar-refractivity contribution in [1.29, 1.82) is 0 Å². The van der Waals surface area contributed by atoms with Gasteiger partial charge in [-0.1, -0.05) is 18.2 Å². The highest BCUT2D eigenvalue weighted by Gasteiger charge is 2.25. The Morgan fingerprint density at radius 2 is 1.79 bits per heavy atom. The zero-order valence-corrected chi connectivity index (χ0v) is 15.8. The van der Waals surface area contributed by atoms with Gasteiger partial charge in [0.05, 0.1) is 7.11 Å². The van der Waals surface area contributed by atoms with Crippen LogP contribution in [-0.4, -0.2) is 49.6 Å². The van der Waals surface area contributed by atoms with E-state index in [1.54, 1.807) is 18.2 Å². The topological polar surface area (TPSA) is 91.1 Å². The minimum absolute atomic E-state index is 0.0714. The Kier molecular flexibility index (Phi) is 6.37. The van der Waals surface area contributed by atoms with Crippen molar-refractivity contribution in [3.8, 4) is 17.2 Å². The molecule has 0 saturated carbocycles. The molecule has 1 fully saturated rings. The predicted molar refractivity (Wildman–Crippen MR) is 104 cm³/mol. The lowest BCUT2D eigenvalue weighted by molar-refractivity contribution is -0.119. The molecule has 0 unspecified atom stereocenters. The number of hydrogen-bond acceptors (Lipinski definition) is 5. The molecule has 1 aliphatic heterocycles. The van der Waals surface area contributed by atoms with Gasteiger partial charge in [-0.15, -0.1) is 0 Å². The lowest BCUT2D eigenvalue weighted by atomic mass is 10.1. The third-order valence-corrected chi connectivity index (χ3v) is 4.56. The van der Waals surface area contributed by atoms with Gasteiger partial charge in [-0.05, 0) is 30.3 Å². The summed E-state index contributed by atoms with van der Waals surface area (Å²) in [7, 11) is 1.48. The second-order valence-corrected chi connectivity index (χ2v) is 6.54. The highest BCUT2D eigenvalue weighted by Crippen LogP contribution is 2.29. The number of primary amides is 1. The van der Waals surface area contributed by atoms with Crippen molar-refractivity contribution >= 4 is 11.8 Å². The normalized spacial score (nSPS) is 14.4. The van der Waals surface area contributed by atoms with E-state index in [1.165, 1.54) is 7.11 Å². The molecule has 0 aromatic heterocycles. The maximum atomic E-state index is 12.8. The summed E-state index contributed by atoms with van der Waals surface area (Å²) in [5.41, 5.74) is 5.60. The number of carbonyl (C=O) groups excluding carboxylic acids is 2. The van der Waals surface area contributed by atoms with Crippen LogP contribution in [0.1, 0.15) is 23.2 Å². The molecule has 1 heterocycles. The quantitative estimate of drug-likeness (QED) is 0.791. The van der Waals surface area contributed by atoms with Gasteiger partial charge >= 0.3 is 0 Å². The molecular formula is C21H24N2O5. The smallest absolute Gasteiger partial charge is 0.255 e.